The van der Waals surface area contributed by atoms with Gasteiger partial charge in [-0.2, -0.15) is 0 Å². The van der Waals surface area contributed by atoms with Crippen LogP contribution in [0, 0.1) is 0 Å². The second-order valence-electron chi connectivity index (χ2n) is 6.92. The Morgan fingerprint density at radius 2 is 1.86 bits per heavy atom. The molecule has 1 saturated heterocycles. The summed E-state index contributed by atoms with van der Waals surface area (Å²) in [6, 6.07) is 0. The van der Waals surface area contributed by atoms with E-state index in [0.29, 0.717) is 25.7 Å². The summed E-state index contributed by atoms with van der Waals surface area (Å²) < 4.78 is 5.71. The standard InChI is InChI=1S/C22H34O6/c1-2-3-4-5-6-8-11-17(23)14-15-18(24)21-16-19(25)20(28-21)12-9-7-10-13-22(26)27/h3-4,6-9,14-15,17-21,23-25H,2,5,10-13,16H2,1H3,(H,26,27)/b4-3-,8-6-,9-7-,15-14+/t17-,18-,19-,20+,21+/m0/s1. The minimum atomic E-state index is -0.901. The zero-order valence-corrected chi connectivity index (χ0v) is 16.6. The highest BCUT2D eigenvalue weighted by Gasteiger charge is 2.36. The van der Waals surface area contributed by atoms with Crippen LogP contribution in [0.3, 0.4) is 0 Å². The highest BCUT2D eigenvalue weighted by molar-refractivity contribution is 5.66. The first-order valence-corrected chi connectivity index (χ1v) is 9.98. The van der Waals surface area contributed by atoms with Crippen molar-refractivity contribution < 1.29 is 30.0 Å². The van der Waals surface area contributed by atoms with Crippen molar-refractivity contribution >= 4 is 5.97 Å². The molecule has 4 N–H and O–H groups in total. The topological polar surface area (TPSA) is 107 Å². The van der Waals surface area contributed by atoms with Crippen molar-refractivity contribution in [1.82, 2.24) is 0 Å². The highest BCUT2D eigenvalue weighted by atomic mass is 16.5. The van der Waals surface area contributed by atoms with E-state index in [1.54, 1.807) is 18.2 Å². The Morgan fingerprint density at radius 1 is 1.11 bits per heavy atom. The van der Waals surface area contributed by atoms with E-state index >= 15 is 0 Å². The number of carboxylic acids is 1. The second-order valence-corrected chi connectivity index (χ2v) is 6.92. The first-order chi connectivity index (χ1) is 13.4. The molecule has 0 aromatic rings. The van der Waals surface area contributed by atoms with Crippen molar-refractivity contribution in [2.24, 2.45) is 0 Å². The zero-order valence-electron chi connectivity index (χ0n) is 16.6. The summed E-state index contributed by atoms with van der Waals surface area (Å²) in [5.41, 5.74) is 0. The van der Waals surface area contributed by atoms with Gasteiger partial charge >= 0.3 is 5.97 Å². The minimum Gasteiger partial charge on any atom is -0.481 e. The number of allylic oxidation sites excluding steroid dienone is 4. The average Bonchev–Trinajstić information content (AvgIpc) is 3.03. The summed E-state index contributed by atoms with van der Waals surface area (Å²) in [4.78, 5) is 10.5. The van der Waals surface area contributed by atoms with Crippen LogP contribution in [0.5, 0.6) is 0 Å². The fourth-order valence-corrected chi connectivity index (χ4v) is 2.87. The highest BCUT2D eigenvalue weighted by Crippen LogP contribution is 2.26. The Morgan fingerprint density at radius 3 is 2.57 bits per heavy atom. The first kappa shape index (κ1) is 24.3. The lowest BCUT2D eigenvalue weighted by Crippen LogP contribution is -2.24. The molecule has 1 rings (SSSR count). The molecule has 158 valence electrons. The van der Waals surface area contributed by atoms with Crippen LogP contribution in [0.1, 0.15) is 51.9 Å². The maximum absolute atomic E-state index is 10.5. The average molecular weight is 395 g/mol. The predicted octanol–water partition coefficient (Wildman–Crippen LogP) is 2.90. The van der Waals surface area contributed by atoms with Crippen LogP contribution in [-0.2, 0) is 9.53 Å². The number of hydrogen-bond acceptors (Lipinski definition) is 5. The Kier molecular flexibility index (Phi) is 12.4. The normalized spacial score (nSPS) is 25.5. The van der Waals surface area contributed by atoms with Gasteiger partial charge in [-0.15, -0.1) is 0 Å². The number of hydrogen-bond donors (Lipinski definition) is 4. The molecule has 1 aliphatic rings. The second kappa shape index (κ2) is 14.3. The summed E-state index contributed by atoms with van der Waals surface area (Å²) in [5, 5.41) is 38.8. The number of rotatable bonds is 13. The van der Waals surface area contributed by atoms with Gasteiger partial charge in [0, 0.05) is 12.8 Å². The van der Waals surface area contributed by atoms with Gasteiger partial charge in [0.25, 0.3) is 0 Å². The van der Waals surface area contributed by atoms with Crippen molar-refractivity contribution in [3.63, 3.8) is 0 Å². The van der Waals surface area contributed by atoms with Gasteiger partial charge in [0.05, 0.1) is 30.5 Å². The van der Waals surface area contributed by atoms with Gasteiger partial charge in [-0.25, -0.2) is 0 Å². The van der Waals surface area contributed by atoms with Crippen LogP contribution in [0.4, 0.5) is 0 Å². The van der Waals surface area contributed by atoms with Gasteiger partial charge in [-0.1, -0.05) is 55.5 Å². The van der Waals surface area contributed by atoms with Crippen molar-refractivity contribution in [2.45, 2.75) is 82.4 Å². The molecule has 0 saturated carbocycles. The fraction of sp³-hybridized carbons (Fsp3) is 0.591. The molecule has 0 spiro atoms. The lowest BCUT2D eigenvalue weighted by molar-refractivity contribution is -0.136. The van der Waals surface area contributed by atoms with E-state index in [0.717, 1.165) is 12.8 Å². The quantitative estimate of drug-likeness (QED) is 0.358. The summed E-state index contributed by atoms with van der Waals surface area (Å²) in [5.74, 6) is -0.845. The van der Waals surface area contributed by atoms with E-state index in [9.17, 15) is 20.1 Å². The van der Waals surface area contributed by atoms with Crippen molar-refractivity contribution in [1.29, 1.82) is 0 Å². The Labute approximate surface area is 167 Å². The van der Waals surface area contributed by atoms with E-state index in [4.69, 9.17) is 9.84 Å². The minimum absolute atomic E-state index is 0.0731. The van der Waals surface area contributed by atoms with Gasteiger partial charge in [0.15, 0.2) is 0 Å². The summed E-state index contributed by atoms with van der Waals surface area (Å²) >= 11 is 0. The molecule has 0 aromatic heterocycles. The third-order valence-corrected chi connectivity index (χ3v) is 4.44. The maximum atomic E-state index is 10.5. The van der Waals surface area contributed by atoms with Crippen LogP contribution in [0.2, 0.25) is 0 Å². The summed E-state index contributed by atoms with van der Waals surface area (Å²) in [6.07, 6.45) is 15.1. The van der Waals surface area contributed by atoms with Gasteiger partial charge in [0.1, 0.15) is 0 Å². The van der Waals surface area contributed by atoms with E-state index in [-0.39, 0.29) is 6.42 Å². The van der Waals surface area contributed by atoms with Crippen molar-refractivity contribution in [3.8, 4) is 0 Å². The summed E-state index contributed by atoms with van der Waals surface area (Å²) in [6.45, 7) is 2.08. The molecule has 1 fully saturated rings. The van der Waals surface area contributed by atoms with Crippen molar-refractivity contribution in [3.05, 3.63) is 48.6 Å². The lowest BCUT2D eigenvalue weighted by atomic mass is 10.0. The molecule has 0 radical (unpaired) electrons. The first-order valence-electron chi connectivity index (χ1n) is 9.98. The van der Waals surface area contributed by atoms with Crippen LogP contribution >= 0.6 is 0 Å². The fourth-order valence-electron chi connectivity index (χ4n) is 2.87. The summed E-state index contributed by atoms with van der Waals surface area (Å²) in [7, 11) is 0. The predicted molar refractivity (Wildman–Crippen MR) is 109 cm³/mol. The number of aliphatic hydroxyl groups excluding tert-OH is 3. The van der Waals surface area contributed by atoms with Crippen LogP contribution in [0.25, 0.3) is 0 Å². The third-order valence-electron chi connectivity index (χ3n) is 4.44. The van der Waals surface area contributed by atoms with E-state index in [1.165, 1.54) is 6.08 Å². The van der Waals surface area contributed by atoms with E-state index in [2.05, 4.69) is 19.1 Å². The number of ether oxygens (including phenoxy) is 1. The lowest BCUT2D eigenvalue weighted by Gasteiger charge is -2.16. The van der Waals surface area contributed by atoms with Gasteiger partial charge in [0.2, 0.25) is 0 Å². The molecular formula is C22H34O6. The molecule has 0 aliphatic carbocycles. The maximum Gasteiger partial charge on any atom is 0.303 e. The molecule has 1 aliphatic heterocycles. The van der Waals surface area contributed by atoms with Gasteiger partial charge in [-0.05, 0) is 32.1 Å². The van der Waals surface area contributed by atoms with Crippen molar-refractivity contribution in [2.75, 3.05) is 0 Å². The number of carbonyl (C=O) groups is 1. The zero-order chi connectivity index (χ0) is 20.8. The van der Waals surface area contributed by atoms with Crippen LogP contribution < -0.4 is 0 Å². The Hall–Kier alpha value is -1.73. The molecule has 6 nitrogen and oxygen atoms in total. The molecule has 1 heterocycles. The van der Waals surface area contributed by atoms with Gasteiger partial charge < -0.3 is 25.2 Å². The number of carboxylic acid groups (broad SMARTS) is 1. The SMILES string of the molecule is CC/C=C\C/C=C\C[C@H](O)/C=C/[C@H](O)[C@H]1C[C@H](O)[C@@H](C/C=C\CCC(=O)O)O1. The number of aliphatic carboxylic acids is 1. The van der Waals surface area contributed by atoms with Gasteiger partial charge in [-0.3, -0.25) is 4.79 Å². The Balaban J connectivity index is 2.33. The monoisotopic (exact) mass is 394 g/mol. The molecule has 0 amide bonds. The molecule has 0 aromatic carbocycles. The number of aliphatic hydroxyl groups is 3. The molecule has 6 heteroatoms. The van der Waals surface area contributed by atoms with E-state index in [1.807, 2.05) is 12.2 Å². The molecule has 28 heavy (non-hydrogen) atoms. The molecular weight excluding hydrogens is 360 g/mol. The molecule has 0 bridgehead atoms. The smallest absolute Gasteiger partial charge is 0.303 e. The molecule has 0 unspecified atom stereocenters. The molecule has 5 atom stereocenters. The Bertz CT molecular complexity index is 551. The van der Waals surface area contributed by atoms with E-state index < -0.39 is 36.5 Å². The van der Waals surface area contributed by atoms with Crippen LogP contribution in [-0.4, -0.2) is 56.9 Å². The largest absolute Gasteiger partial charge is 0.481 e. The van der Waals surface area contributed by atoms with Crippen LogP contribution in [0.15, 0.2) is 48.6 Å². The third kappa shape index (κ3) is 10.6.